The monoisotopic (exact) mass is 321 g/mol. The molecule has 3 atom stereocenters. The van der Waals surface area contributed by atoms with Crippen LogP contribution in [0.5, 0.6) is 0 Å². The Hall–Kier alpha value is -1.66. The Morgan fingerprint density at radius 1 is 1.30 bits per heavy atom. The summed E-state index contributed by atoms with van der Waals surface area (Å²) >= 11 is 0. The van der Waals surface area contributed by atoms with E-state index >= 15 is 0 Å². The molecule has 1 aromatic carbocycles. The van der Waals surface area contributed by atoms with E-state index in [1.165, 1.54) is 4.90 Å². The Kier molecular flexibility index (Phi) is 3.73. The third-order valence-electron chi connectivity index (χ3n) is 4.93. The summed E-state index contributed by atoms with van der Waals surface area (Å²) in [5, 5.41) is 0. The molecule has 2 heterocycles. The van der Waals surface area contributed by atoms with E-state index < -0.39 is 24.1 Å². The summed E-state index contributed by atoms with van der Waals surface area (Å²) in [6.07, 6.45) is -0.391. The summed E-state index contributed by atoms with van der Waals surface area (Å²) in [5.41, 5.74) is 0.916. The second kappa shape index (κ2) is 5.76. The molecule has 4 rings (SSSR count). The van der Waals surface area contributed by atoms with Gasteiger partial charge in [0.1, 0.15) is 12.8 Å². The number of nitrogens with zero attached hydrogens (tertiary/aromatic N) is 1. The fraction of sp³-hybridized carbons (Fsp3) is 0.588. The second-order valence-corrected chi connectivity index (χ2v) is 6.39. The molecule has 0 N–H and O–H groups in total. The molecule has 1 amide bonds. The molecule has 124 valence electrons. The van der Waals surface area contributed by atoms with Gasteiger partial charge in [0.25, 0.3) is 0 Å². The minimum atomic E-state index is -1.01. The molecule has 3 fully saturated rings. The van der Waals surface area contributed by atoms with Crippen molar-refractivity contribution in [2.75, 3.05) is 19.8 Å². The van der Waals surface area contributed by atoms with Crippen LogP contribution < -0.4 is 0 Å². The van der Waals surface area contributed by atoms with E-state index in [-0.39, 0.29) is 12.5 Å². The predicted octanol–water partition coefficient (Wildman–Crippen LogP) is 2.50. The first kappa shape index (κ1) is 14.9. The first-order valence-corrected chi connectivity index (χ1v) is 8.08. The number of hydrogen-bond donors (Lipinski definition) is 0. The summed E-state index contributed by atoms with van der Waals surface area (Å²) in [6.45, 7) is 1.66. The second-order valence-electron chi connectivity index (χ2n) is 6.39. The highest BCUT2D eigenvalue weighted by Gasteiger charge is 2.62. The lowest BCUT2D eigenvalue weighted by Gasteiger charge is -2.27. The third-order valence-corrected chi connectivity index (χ3v) is 4.93. The van der Waals surface area contributed by atoms with Crippen molar-refractivity contribution in [3.8, 4) is 0 Å². The number of fused-ring (bicyclic) bond motifs is 1. The predicted molar refractivity (Wildman–Crippen MR) is 79.4 cm³/mol. The molecule has 5 nitrogen and oxygen atoms in total. The number of carbonyl (C=O) groups is 1. The van der Waals surface area contributed by atoms with Gasteiger partial charge in [0.15, 0.2) is 5.79 Å². The largest absolute Gasteiger partial charge is 0.445 e. The third kappa shape index (κ3) is 2.81. The molecule has 0 aromatic heterocycles. The molecule has 2 aliphatic heterocycles. The molecular weight excluding hydrogens is 301 g/mol. The number of alkyl halides is 1. The Morgan fingerprint density at radius 2 is 2.04 bits per heavy atom. The van der Waals surface area contributed by atoms with Crippen molar-refractivity contribution in [2.24, 2.45) is 5.92 Å². The van der Waals surface area contributed by atoms with Crippen LogP contribution in [0.1, 0.15) is 18.4 Å². The number of halogens is 1. The van der Waals surface area contributed by atoms with E-state index in [9.17, 15) is 9.18 Å². The molecule has 1 aliphatic carbocycles. The normalized spacial score (nSPS) is 31.5. The van der Waals surface area contributed by atoms with E-state index in [0.717, 1.165) is 5.56 Å². The highest BCUT2D eigenvalue weighted by molar-refractivity contribution is 5.69. The molecule has 2 saturated heterocycles. The molecular formula is C17H20FNO4. The maximum Gasteiger partial charge on any atom is 0.410 e. The van der Waals surface area contributed by atoms with Gasteiger partial charge in [-0.05, 0) is 5.56 Å². The van der Waals surface area contributed by atoms with Crippen LogP contribution in [0.3, 0.4) is 0 Å². The average molecular weight is 321 g/mol. The van der Waals surface area contributed by atoms with Gasteiger partial charge in [-0.25, -0.2) is 9.18 Å². The van der Waals surface area contributed by atoms with Gasteiger partial charge in [0, 0.05) is 25.3 Å². The van der Waals surface area contributed by atoms with Crippen molar-refractivity contribution in [3.05, 3.63) is 35.9 Å². The zero-order chi connectivity index (χ0) is 15.9. The molecule has 0 radical (unpaired) electrons. The van der Waals surface area contributed by atoms with Gasteiger partial charge in [-0.1, -0.05) is 30.3 Å². The topological polar surface area (TPSA) is 48.0 Å². The van der Waals surface area contributed by atoms with Crippen LogP contribution in [0.4, 0.5) is 9.18 Å². The zero-order valence-corrected chi connectivity index (χ0v) is 12.8. The quantitative estimate of drug-likeness (QED) is 0.840. The standard InChI is InChI=1S/C17H20FNO4/c18-14-13-10-17(22-8-9-23-17)6-7-19(15(13)14)16(20)21-11-12-4-2-1-3-5-12/h1-5,13-15H,6-11H2/t13-,14-,15?/m0/s1. The number of hydrogen-bond acceptors (Lipinski definition) is 4. The van der Waals surface area contributed by atoms with Crippen molar-refractivity contribution in [3.63, 3.8) is 0 Å². The van der Waals surface area contributed by atoms with E-state index in [0.29, 0.717) is 32.6 Å². The van der Waals surface area contributed by atoms with Crippen molar-refractivity contribution < 1.29 is 23.4 Å². The summed E-state index contributed by atoms with van der Waals surface area (Å²) in [6, 6.07) is 9.07. The molecule has 1 unspecified atom stereocenters. The van der Waals surface area contributed by atoms with E-state index in [1.54, 1.807) is 0 Å². The van der Waals surface area contributed by atoms with Crippen LogP contribution in [0.15, 0.2) is 30.3 Å². The number of likely N-dealkylation sites (tertiary alicyclic amines) is 1. The van der Waals surface area contributed by atoms with Gasteiger partial charge in [-0.2, -0.15) is 0 Å². The van der Waals surface area contributed by atoms with Crippen molar-refractivity contribution >= 4 is 6.09 Å². The molecule has 1 aromatic rings. The highest BCUT2D eigenvalue weighted by atomic mass is 19.1. The molecule has 1 saturated carbocycles. The lowest BCUT2D eigenvalue weighted by molar-refractivity contribution is -0.168. The fourth-order valence-electron chi connectivity index (χ4n) is 3.63. The van der Waals surface area contributed by atoms with Crippen LogP contribution in [0.2, 0.25) is 0 Å². The summed E-state index contributed by atoms with van der Waals surface area (Å²) < 4.78 is 30.9. The molecule has 0 bridgehead atoms. The van der Waals surface area contributed by atoms with E-state index in [2.05, 4.69) is 0 Å². The number of amides is 1. The SMILES string of the molecule is O=C(OCc1ccccc1)N1CCC2(C[C@@H]3C1[C@H]3F)OCCO2. The average Bonchev–Trinajstić information content (AvgIpc) is 2.99. The van der Waals surface area contributed by atoms with Crippen LogP contribution in [0, 0.1) is 5.92 Å². The van der Waals surface area contributed by atoms with Gasteiger partial charge in [-0.3, -0.25) is 0 Å². The molecule has 1 spiro atoms. The summed E-state index contributed by atoms with van der Waals surface area (Å²) in [5.74, 6) is -0.919. The number of carbonyl (C=O) groups excluding carboxylic acids is 1. The van der Waals surface area contributed by atoms with Gasteiger partial charge >= 0.3 is 6.09 Å². The minimum absolute atomic E-state index is 0.197. The minimum Gasteiger partial charge on any atom is -0.445 e. The van der Waals surface area contributed by atoms with Crippen LogP contribution in [-0.4, -0.2) is 48.8 Å². The maximum absolute atomic E-state index is 14.1. The van der Waals surface area contributed by atoms with Gasteiger partial charge in [0.2, 0.25) is 0 Å². The summed E-state index contributed by atoms with van der Waals surface area (Å²) in [4.78, 5) is 13.9. The van der Waals surface area contributed by atoms with Crippen LogP contribution in [0.25, 0.3) is 0 Å². The number of rotatable bonds is 2. The van der Waals surface area contributed by atoms with E-state index in [1.807, 2.05) is 30.3 Å². The Morgan fingerprint density at radius 3 is 2.78 bits per heavy atom. The van der Waals surface area contributed by atoms with Crippen molar-refractivity contribution in [2.45, 2.75) is 37.4 Å². The zero-order valence-electron chi connectivity index (χ0n) is 12.8. The van der Waals surface area contributed by atoms with Crippen LogP contribution >= 0.6 is 0 Å². The van der Waals surface area contributed by atoms with Crippen molar-refractivity contribution in [1.82, 2.24) is 4.90 Å². The number of benzene rings is 1. The van der Waals surface area contributed by atoms with E-state index in [4.69, 9.17) is 14.2 Å². The molecule has 6 heteroatoms. The Labute approximate surface area is 134 Å². The Balaban J connectivity index is 1.41. The Bertz CT molecular complexity index is 575. The van der Waals surface area contributed by atoms with Gasteiger partial charge in [-0.15, -0.1) is 0 Å². The lowest BCUT2D eigenvalue weighted by Crippen LogP contribution is -2.38. The molecule has 3 aliphatic rings. The smallest absolute Gasteiger partial charge is 0.410 e. The first-order valence-electron chi connectivity index (χ1n) is 8.08. The summed E-state index contributed by atoms with van der Waals surface area (Å²) in [7, 11) is 0. The highest BCUT2D eigenvalue weighted by Crippen LogP contribution is 2.50. The van der Waals surface area contributed by atoms with Gasteiger partial charge < -0.3 is 19.1 Å². The van der Waals surface area contributed by atoms with Gasteiger partial charge in [0.05, 0.1) is 19.3 Å². The van der Waals surface area contributed by atoms with Crippen LogP contribution in [-0.2, 0) is 20.8 Å². The first-order chi connectivity index (χ1) is 11.2. The number of ether oxygens (including phenoxy) is 3. The van der Waals surface area contributed by atoms with Crippen molar-refractivity contribution in [1.29, 1.82) is 0 Å². The lowest BCUT2D eigenvalue weighted by atomic mass is 10.1. The molecule has 23 heavy (non-hydrogen) atoms. The fourth-order valence-corrected chi connectivity index (χ4v) is 3.63. The maximum atomic E-state index is 14.1.